The third-order valence-corrected chi connectivity index (χ3v) is 6.53. The van der Waals surface area contributed by atoms with Gasteiger partial charge in [0.2, 0.25) is 0 Å². The summed E-state index contributed by atoms with van der Waals surface area (Å²) >= 11 is 0. The smallest absolute Gasteiger partial charge is 0.295 e. The van der Waals surface area contributed by atoms with Crippen LogP contribution in [0.3, 0.4) is 0 Å². The van der Waals surface area contributed by atoms with Gasteiger partial charge in [0.1, 0.15) is 23.9 Å². The van der Waals surface area contributed by atoms with Crippen LogP contribution < -0.4 is 4.74 Å². The first-order chi connectivity index (χ1) is 17.5. The van der Waals surface area contributed by atoms with Gasteiger partial charge in [-0.15, -0.1) is 0 Å². The van der Waals surface area contributed by atoms with Crippen LogP contribution in [0.2, 0.25) is 0 Å². The van der Waals surface area contributed by atoms with Crippen LogP contribution in [0, 0.1) is 5.82 Å². The normalized spacial score (nSPS) is 21.2. The Labute approximate surface area is 208 Å². The zero-order chi connectivity index (χ0) is 25.1. The van der Waals surface area contributed by atoms with Crippen molar-refractivity contribution in [3.63, 3.8) is 0 Å². The molecule has 2 saturated heterocycles. The number of ketones is 1. The van der Waals surface area contributed by atoms with E-state index < -0.39 is 23.5 Å². The molecule has 0 bridgehead atoms. The monoisotopic (exact) mass is 487 g/mol. The number of hydrogen-bond donors (Lipinski definition) is 1. The van der Waals surface area contributed by atoms with Crippen molar-refractivity contribution in [2.24, 2.45) is 0 Å². The number of benzene rings is 3. The summed E-state index contributed by atoms with van der Waals surface area (Å²) < 4.78 is 25.1. The van der Waals surface area contributed by atoms with Gasteiger partial charge in [0, 0.05) is 18.7 Å². The van der Waals surface area contributed by atoms with Crippen molar-refractivity contribution in [2.45, 2.75) is 31.6 Å². The Morgan fingerprint density at radius 2 is 1.72 bits per heavy atom. The third kappa shape index (κ3) is 4.88. The van der Waals surface area contributed by atoms with Crippen molar-refractivity contribution in [2.75, 3.05) is 13.2 Å². The lowest BCUT2D eigenvalue weighted by molar-refractivity contribution is -0.140. The molecule has 0 spiro atoms. The highest BCUT2D eigenvalue weighted by molar-refractivity contribution is 6.46. The highest BCUT2D eigenvalue weighted by Gasteiger charge is 2.47. The van der Waals surface area contributed by atoms with Gasteiger partial charge in [-0.3, -0.25) is 9.59 Å². The molecule has 2 unspecified atom stereocenters. The van der Waals surface area contributed by atoms with Crippen LogP contribution >= 0.6 is 0 Å². The fourth-order valence-corrected chi connectivity index (χ4v) is 4.67. The van der Waals surface area contributed by atoms with Crippen LogP contribution in [-0.4, -0.2) is 41.0 Å². The van der Waals surface area contributed by atoms with Crippen LogP contribution in [0.1, 0.15) is 35.6 Å². The molecule has 0 aliphatic carbocycles. The molecule has 2 heterocycles. The molecule has 184 valence electrons. The van der Waals surface area contributed by atoms with E-state index in [-0.39, 0.29) is 29.5 Å². The molecule has 2 fully saturated rings. The summed E-state index contributed by atoms with van der Waals surface area (Å²) in [5.41, 5.74) is 1.93. The lowest BCUT2D eigenvalue weighted by atomic mass is 9.95. The average molecular weight is 488 g/mol. The first-order valence-electron chi connectivity index (χ1n) is 11.9. The molecule has 1 amide bonds. The first kappa shape index (κ1) is 23.8. The van der Waals surface area contributed by atoms with E-state index in [2.05, 4.69) is 0 Å². The number of aliphatic hydroxyl groups is 1. The Kier molecular flexibility index (Phi) is 6.82. The van der Waals surface area contributed by atoms with Crippen molar-refractivity contribution in [1.82, 2.24) is 4.90 Å². The SMILES string of the molecule is O=C1C(=O)N(CC2CCCO2)C(c2ccc(OCc3ccccc3)cc2)C1=C(O)c1ccc(F)cc1. The number of rotatable bonds is 7. The predicted octanol–water partition coefficient (Wildman–Crippen LogP) is 5.01. The average Bonchev–Trinajstić information content (AvgIpc) is 3.51. The van der Waals surface area contributed by atoms with E-state index in [1.807, 2.05) is 30.3 Å². The molecule has 0 aromatic heterocycles. The highest BCUT2D eigenvalue weighted by atomic mass is 19.1. The second-order valence-corrected chi connectivity index (χ2v) is 8.94. The zero-order valence-electron chi connectivity index (χ0n) is 19.6. The van der Waals surface area contributed by atoms with Gasteiger partial charge in [0.15, 0.2) is 0 Å². The molecule has 2 atom stereocenters. The summed E-state index contributed by atoms with van der Waals surface area (Å²) in [6.45, 7) is 1.26. The van der Waals surface area contributed by atoms with Crippen LogP contribution in [-0.2, 0) is 20.9 Å². The van der Waals surface area contributed by atoms with Crippen molar-refractivity contribution in [1.29, 1.82) is 0 Å². The summed E-state index contributed by atoms with van der Waals surface area (Å²) in [7, 11) is 0. The molecule has 3 aromatic rings. The van der Waals surface area contributed by atoms with E-state index in [0.29, 0.717) is 24.5 Å². The van der Waals surface area contributed by atoms with E-state index in [1.54, 1.807) is 24.3 Å². The summed E-state index contributed by atoms with van der Waals surface area (Å²) in [6, 6.07) is 21.3. The molecule has 0 saturated carbocycles. The van der Waals surface area contributed by atoms with E-state index in [9.17, 15) is 19.1 Å². The van der Waals surface area contributed by atoms with E-state index in [4.69, 9.17) is 9.47 Å². The molecule has 2 aliphatic heterocycles. The van der Waals surface area contributed by atoms with Gasteiger partial charge in [0.25, 0.3) is 11.7 Å². The van der Waals surface area contributed by atoms with Gasteiger partial charge < -0.3 is 19.5 Å². The first-order valence-corrected chi connectivity index (χ1v) is 11.9. The molecule has 6 nitrogen and oxygen atoms in total. The molecule has 2 aliphatic rings. The molecule has 36 heavy (non-hydrogen) atoms. The number of ether oxygens (including phenoxy) is 2. The van der Waals surface area contributed by atoms with Crippen LogP contribution in [0.5, 0.6) is 5.75 Å². The van der Waals surface area contributed by atoms with Gasteiger partial charge in [-0.05, 0) is 60.4 Å². The van der Waals surface area contributed by atoms with Crippen molar-refractivity contribution in [3.05, 3.63) is 107 Å². The molecule has 0 radical (unpaired) electrons. The molecule has 3 aromatic carbocycles. The van der Waals surface area contributed by atoms with Crippen molar-refractivity contribution < 1.29 is 28.6 Å². The van der Waals surface area contributed by atoms with Gasteiger partial charge in [-0.25, -0.2) is 4.39 Å². The molecule has 1 N–H and O–H groups in total. The van der Waals surface area contributed by atoms with E-state index in [0.717, 1.165) is 18.4 Å². The second-order valence-electron chi connectivity index (χ2n) is 8.94. The minimum Gasteiger partial charge on any atom is -0.507 e. The Bertz CT molecular complexity index is 1270. The van der Waals surface area contributed by atoms with Crippen LogP contribution in [0.25, 0.3) is 5.76 Å². The van der Waals surface area contributed by atoms with Gasteiger partial charge in [-0.1, -0.05) is 42.5 Å². The largest absolute Gasteiger partial charge is 0.507 e. The summed E-state index contributed by atoms with van der Waals surface area (Å²) in [5.74, 6) is -1.63. The molecule has 5 rings (SSSR count). The zero-order valence-corrected chi connectivity index (χ0v) is 19.6. The lowest BCUT2D eigenvalue weighted by Gasteiger charge is -2.27. The Morgan fingerprint density at radius 1 is 1.00 bits per heavy atom. The fraction of sp³-hybridized carbons (Fsp3) is 0.241. The number of carbonyl (C=O) groups is 2. The number of halogens is 1. The maximum atomic E-state index is 13.5. The molecular weight excluding hydrogens is 461 g/mol. The topological polar surface area (TPSA) is 76.1 Å². The maximum Gasteiger partial charge on any atom is 0.295 e. The minimum absolute atomic E-state index is 0.0254. The quantitative estimate of drug-likeness (QED) is 0.288. The fourth-order valence-electron chi connectivity index (χ4n) is 4.67. The Hall–Kier alpha value is -3.97. The third-order valence-electron chi connectivity index (χ3n) is 6.53. The number of Topliss-reactive ketones (excluding diaryl/α,β-unsaturated/α-hetero) is 1. The Balaban J connectivity index is 1.48. The summed E-state index contributed by atoms with van der Waals surface area (Å²) in [6.07, 6.45) is 1.51. The summed E-state index contributed by atoms with van der Waals surface area (Å²) in [4.78, 5) is 27.7. The number of carbonyl (C=O) groups excluding carboxylic acids is 2. The molecule has 7 heteroatoms. The van der Waals surface area contributed by atoms with Crippen LogP contribution in [0.4, 0.5) is 4.39 Å². The number of likely N-dealkylation sites (tertiary alicyclic amines) is 1. The van der Waals surface area contributed by atoms with Crippen molar-refractivity contribution >= 4 is 17.4 Å². The van der Waals surface area contributed by atoms with Crippen molar-refractivity contribution in [3.8, 4) is 5.75 Å². The second kappa shape index (κ2) is 10.3. The lowest BCUT2D eigenvalue weighted by Crippen LogP contribution is -2.36. The number of hydrogen-bond acceptors (Lipinski definition) is 5. The van der Waals surface area contributed by atoms with Crippen LogP contribution in [0.15, 0.2) is 84.4 Å². The number of aliphatic hydroxyl groups excluding tert-OH is 1. The van der Waals surface area contributed by atoms with Gasteiger partial charge in [0.05, 0.1) is 17.7 Å². The Morgan fingerprint density at radius 3 is 2.39 bits per heavy atom. The predicted molar refractivity (Wildman–Crippen MR) is 132 cm³/mol. The van der Waals surface area contributed by atoms with E-state index in [1.165, 1.54) is 29.2 Å². The maximum absolute atomic E-state index is 13.5. The highest BCUT2D eigenvalue weighted by Crippen LogP contribution is 2.40. The number of nitrogens with zero attached hydrogens (tertiary/aromatic N) is 1. The molecular formula is C29H26FNO5. The van der Waals surface area contributed by atoms with Gasteiger partial charge >= 0.3 is 0 Å². The number of amides is 1. The standard InChI is InChI=1S/C29H26FNO5/c30-22-12-8-21(9-13-22)27(32)25-26(31(29(34)28(25)33)17-24-7-4-16-35-24)20-10-14-23(15-11-20)36-18-19-5-2-1-3-6-19/h1-3,5-6,8-15,24,26,32H,4,7,16-18H2. The van der Waals surface area contributed by atoms with Gasteiger partial charge in [-0.2, -0.15) is 0 Å². The minimum atomic E-state index is -0.803. The summed E-state index contributed by atoms with van der Waals surface area (Å²) in [5, 5.41) is 11.1. The van der Waals surface area contributed by atoms with E-state index >= 15 is 0 Å².